The number of fused-ring (bicyclic) bond motifs is 1. The van der Waals surface area contributed by atoms with Crippen molar-refractivity contribution < 1.29 is 4.74 Å². The van der Waals surface area contributed by atoms with Crippen molar-refractivity contribution in [2.45, 2.75) is 25.4 Å². The molecule has 3 rings (SSSR count). The van der Waals surface area contributed by atoms with Gasteiger partial charge in [-0.3, -0.25) is 0 Å². The summed E-state index contributed by atoms with van der Waals surface area (Å²) in [5.41, 5.74) is 1.10. The molecule has 0 heterocycles. The standard InChI is InChI=1S/C17H14BrNO/c18-15-9-8-12-4-1-2-6-14(12)17(15)20-16-7-3-5-13(16)10-11-19/h1-2,4,6,8-10,16H,3,5,7H2/b13-10+. The van der Waals surface area contributed by atoms with E-state index in [0.717, 1.165) is 45.8 Å². The summed E-state index contributed by atoms with van der Waals surface area (Å²) in [6, 6.07) is 14.4. The molecule has 3 heteroatoms. The summed E-state index contributed by atoms with van der Waals surface area (Å²) in [4.78, 5) is 0. The number of allylic oxidation sites excluding steroid dienone is 1. The van der Waals surface area contributed by atoms with E-state index < -0.39 is 0 Å². The highest BCUT2D eigenvalue weighted by Crippen LogP contribution is 2.37. The third-order valence-electron chi connectivity index (χ3n) is 3.69. The molecular weight excluding hydrogens is 314 g/mol. The van der Waals surface area contributed by atoms with Gasteiger partial charge < -0.3 is 4.74 Å². The van der Waals surface area contributed by atoms with E-state index in [2.05, 4.69) is 40.2 Å². The molecule has 2 nitrogen and oxygen atoms in total. The van der Waals surface area contributed by atoms with E-state index in [0.29, 0.717) is 0 Å². The lowest BCUT2D eigenvalue weighted by Gasteiger charge is -2.18. The molecule has 0 amide bonds. The fourth-order valence-electron chi connectivity index (χ4n) is 2.70. The van der Waals surface area contributed by atoms with Crippen LogP contribution in [0.4, 0.5) is 0 Å². The Bertz CT molecular complexity index is 714. The zero-order valence-electron chi connectivity index (χ0n) is 11.0. The Hall–Kier alpha value is -1.79. The maximum atomic E-state index is 8.85. The Morgan fingerprint density at radius 1 is 1.25 bits per heavy atom. The number of hydrogen-bond donors (Lipinski definition) is 0. The van der Waals surface area contributed by atoms with E-state index in [-0.39, 0.29) is 6.10 Å². The van der Waals surface area contributed by atoms with Gasteiger partial charge in [-0.1, -0.05) is 30.3 Å². The molecule has 100 valence electrons. The zero-order valence-corrected chi connectivity index (χ0v) is 12.6. The molecule has 0 radical (unpaired) electrons. The lowest BCUT2D eigenvalue weighted by Crippen LogP contribution is -2.14. The van der Waals surface area contributed by atoms with Crippen molar-refractivity contribution in [2.24, 2.45) is 0 Å². The summed E-state index contributed by atoms with van der Waals surface area (Å²) in [6.45, 7) is 0. The molecule has 0 saturated heterocycles. The van der Waals surface area contributed by atoms with Gasteiger partial charge in [-0.25, -0.2) is 0 Å². The van der Waals surface area contributed by atoms with Crippen molar-refractivity contribution in [3.63, 3.8) is 0 Å². The maximum absolute atomic E-state index is 8.85. The minimum atomic E-state index is 0.0248. The molecule has 2 aromatic rings. The molecule has 1 atom stereocenters. The van der Waals surface area contributed by atoms with Crippen LogP contribution in [0.25, 0.3) is 10.8 Å². The van der Waals surface area contributed by atoms with Crippen molar-refractivity contribution in [3.05, 3.63) is 52.5 Å². The van der Waals surface area contributed by atoms with Gasteiger partial charge in [0.15, 0.2) is 0 Å². The summed E-state index contributed by atoms with van der Waals surface area (Å²) >= 11 is 3.57. The first-order chi connectivity index (χ1) is 9.79. The summed E-state index contributed by atoms with van der Waals surface area (Å²) in [5.74, 6) is 0.874. The molecule has 1 aliphatic rings. The number of rotatable bonds is 2. The van der Waals surface area contributed by atoms with Gasteiger partial charge in [0.1, 0.15) is 11.9 Å². The van der Waals surface area contributed by atoms with Gasteiger partial charge in [0.2, 0.25) is 0 Å². The SMILES string of the molecule is N#C/C=C1\CCCC1Oc1c(Br)ccc2ccccc12. The first-order valence-corrected chi connectivity index (χ1v) is 7.51. The number of halogens is 1. The number of nitrogens with zero attached hydrogens (tertiary/aromatic N) is 1. The highest BCUT2D eigenvalue weighted by molar-refractivity contribution is 9.10. The predicted molar refractivity (Wildman–Crippen MR) is 83.6 cm³/mol. The fourth-order valence-corrected chi connectivity index (χ4v) is 3.14. The third-order valence-corrected chi connectivity index (χ3v) is 4.31. The third kappa shape index (κ3) is 2.44. The molecule has 1 unspecified atom stereocenters. The Morgan fingerprint density at radius 3 is 2.95 bits per heavy atom. The molecule has 0 aliphatic heterocycles. The van der Waals surface area contributed by atoms with E-state index >= 15 is 0 Å². The van der Waals surface area contributed by atoms with Crippen molar-refractivity contribution >= 4 is 26.7 Å². The van der Waals surface area contributed by atoms with Crippen LogP contribution < -0.4 is 4.74 Å². The molecule has 1 saturated carbocycles. The van der Waals surface area contributed by atoms with Crippen LogP contribution in [0.5, 0.6) is 5.75 Å². The quantitative estimate of drug-likeness (QED) is 0.728. The average Bonchev–Trinajstić information content (AvgIpc) is 2.90. The van der Waals surface area contributed by atoms with Crippen LogP contribution in [-0.2, 0) is 0 Å². The minimum absolute atomic E-state index is 0.0248. The van der Waals surface area contributed by atoms with Crippen molar-refractivity contribution in [3.8, 4) is 11.8 Å². The molecule has 2 aromatic carbocycles. The molecule has 20 heavy (non-hydrogen) atoms. The second kappa shape index (κ2) is 5.68. The molecule has 0 aromatic heterocycles. The first-order valence-electron chi connectivity index (χ1n) is 6.72. The molecule has 1 aliphatic carbocycles. The smallest absolute Gasteiger partial charge is 0.142 e. The Morgan fingerprint density at radius 2 is 2.10 bits per heavy atom. The van der Waals surface area contributed by atoms with Crippen molar-refractivity contribution in [1.82, 2.24) is 0 Å². The van der Waals surface area contributed by atoms with E-state index in [9.17, 15) is 0 Å². The van der Waals surface area contributed by atoms with Crippen LogP contribution in [-0.4, -0.2) is 6.10 Å². The second-order valence-electron chi connectivity index (χ2n) is 4.94. The van der Waals surface area contributed by atoms with Crippen LogP contribution >= 0.6 is 15.9 Å². The van der Waals surface area contributed by atoms with Crippen LogP contribution in [0.1, 0.15) is 19.3 Å². The number of benzene rings is 2. The summed E-state index contributed by atoms with van der Waals surface area (Å²) in [7, 11) is 0. The summed E-state index contributed by atoms with van der Waals surface area (Å²) < 4.78 is 7.18. The van der Waals surface area contributed by atoms with Crippen LogP contribution in [0, 0.1) is 11.3 Å². The molecule has 0 bridgehead atoms. The van der Waals surface area contributed by atoms with Gasteiger partial charge in [-0.2, -0.15) is 5.26 Å². The average molecular weight is 328 g/mol. The lowest BCUT2D eigenvalue weighted by atomic mass is 10.1. The first kappa shape index (κ1) is 13.2. The van der Waals surface area contributed by atoms with E-state index in [1.54, 1.807) is 6.08 Å². The zero-order chi connectivity index (χ0) is 13.9. The Balaban J connectivity index is 2.01. The molecule has 0 spiro atoms. The van der Waals surface area contributed by atoms with Gasteiger partial charge in [-0.05, 0) is 52.2 Å². The van der Waals surface area contributed by atoms with Crippen molar-refractivity contribution in [1.29, 1.82) is 5.26 Å². The van der Waals surface area contributed by atoms with Crippen LogP contribution in [0.15, 0.2) is 52.5 Å². The predicted octanol–water partition coefficient (Wildman–Crippen LogP) is 4.98. The normalized spacial score (nSPS) is 20.2. The van der Waals surface area contributed by atoms with Crippen molar-refractivity contribution in [2.75, 3.05) is 0 Å². The fraction of sp³-hybridized carbons (Fsp3) is 0.235. The molecule has 0 N–H and O–H groups in total. The van der Waals surface area contributed by atoms with Gasteiger partial charge in [-0.15, -0.1) is 0 Å². The summed E-state index contributed by atoms with van der Waals surface area (Å²) in [5, 5.41) is 11.1. The Kier molecular flexibility index (Phi) is 3.75. The van der Waals surface area contributed by atoms with Gasteiger partial charge >= 0.3 is 0 Å². The van der Waals surface area contributed by atoms with E-state index in [1.165, 1.54) is 0 Å². The van der Waals surface area contributed by atoms with Gasteiger partial charge in [0.05, 0.1) is 10.5 Å². The largest absolute Gasteiger partial charge is 0.484 e. The molecule has 1 fully saturated rings. The highest BCUT2D eigenvalue weighted by Gasteiger charge is 2.24. The summed E-state index contributed by atoms with van der Waals surface area (Å²) in [6.07, 6.45) is 4.68. The number of ether oxygens (including phenoxy) is 1. The van der Waals surface area contributed by atoms with Crippen LogP contribution in [0.3, 0.4) is 0 Å². The second-order valence-corrected chi connectivity index (χ2v) is 5.80. The number of hydrogen-bond acceptors (Lipinski definition) is 2. The topological polar surface area (TPSA) is 33.0 Å². The lowest BCUT2D eigenvalue weighted by molar-refractivity contribution is 0.245. The van der Waals surface area contributed by atoms with Gasteiger partial charge in [0, 0.05) is 11.5 Å². The van der Waals surface area contributed by atoms with Gasteiger partial charge in [0.25, 0.3) is 0 Å². The van der Waals surface area contributed by atoms with E-state index in [1.807, 2.05) is 18.2 Å². The van der Waals surface area contributed by atoms with Crippen LogP contribution in [0.2, 0.25) is 0 Å². The maximum Gasteiger partial charge on any atom is 0.142 e. The minimum Gasteiger partial charge on any atom is -0.484 e. The Labute approximate surface area is 126 Å². The van der Waals surface area contributed by atoms with E-state index in [4.69, 9.17) is 10.00 Å². The molecular formula is C17H14BrNO. The highest BCUT2D eigenvalue weighted by atomic mass is 79.9. The number of nitriles is 1. The monoisotopic (exact) mass is 327 g/mol.